The number of fused-ring (bicyclic) bond motifs is 3. The summed E-state index contributed by atoms with van der Waals surface area (Å²) in [5.74, 6) is 4.61. The summed E-state index contributed by atoms with van der Waals surface area (Å²) in [6, 6.07) is 65.4. The fourth-order valence-corrected chi connectivity index (χ4v) is 18.4. The molecule has 0 aliphatic carbocycles. The third-order valence-electron chi connectivity index (χ3n) is 17.3. The van der Waals surface area contributed by atoms with Crippen LogP contribution < -0.4 is 14.8 Å². The molecule has 0 spiro atoms. The molecule has 1 atom stereocenters. The lowest BCUT2D eigenvalue weighted by Gasteiger charge is -2.19. The summed E-state index contributed by atoms with van der Waals surface area (Å²) >= 11 is 59.9. The van der Waals surface area contributed by atoms with Crippen LogP contribution in [-0.2, 0) is 22.7 Å². The molecular weight excluding hydrogens is 1840 g/mol. The Morgan fingerprint density at radius 1 is 0.508 bits per heavy atom. The fraction of sp³-hybridized carbons (Fsp3) is 0.245. The summed E-state index contributed by atoms with van der Waals surface area (Å²) in [6.45, 7) is 22.7. The Morgan fingerprint density at radius 2 is 1.02 bits per heavy atom. The van der Waals surface area contributed by atoms with E-state index in [1.807, 2.05) is 162 Å². The molecule has 3 aromatic heterocycles. The Bertz CT molecular complexity index is 5680. The predicted octanol–water partition coefficient (Wildman–Crippen LogP) is 32.8. The van der Waals surface area contributed by atoms with Gasteiger partial charge in [0, 0.05) is 107 Å². The highest BCUT2D eigenvalue weighted by Crippen LogP contribution is 2.39. The Balaban J connectivity index is 0.000000192. The predicted molar refractivity (Wildman–Crippen MR) is 547 cm³/mol. The number of ether oxygens (including phenoxy) is 2. The van der Waals surface area contributed by atoms with E-state index in [0.29, 0.717) is 62.8 Å². The minimum Gasteiger partial charge on any atom is -0.454 e. The molecule has 12 nitrogen and oxygen atoms in total. The number of halogens is 8. The number of rotatable bonds is 16. The summed E-state index contributed by atoms with van der Waals surface area (Å²) in [4.78, 5) is 33.6. The van der Waals surface area contributed by atoms with Crippen molar-refractivity contribution >= 4 is 238 Å². The first-order valence-corrected chi connectivity index (χ1v) is 48.8. The van der Waals surface area contributed by atoms with Crippen LogP contribution in [0.25, 0.3) is 55.3 Å². The topological polar surface area (TPSA) is 182 Å². The van der Waals surface area contributed by atoms with Gasteiger partial charge in [-0.3, -0.25) is 31.0 Å². The van der Waals surface area contributed by atoms with Crippen molar-refractivity contribution in [3.63, 3.8) is 0 Å². The molecule has 13 aromatic rings. The van der Waals surface area contributed by atoms with E-state index in [1.165, 1.54) is 62.7 Å². The first-order chi connectivity index (χ1) is 58.3. The molecule has 0 radical (unpaired) electrons. The highest BCUT2D eigenvalue weighted by Gasteiger charge is 2.18. The summed E-state index contributed by atoms with van der Waals surface area (Å²) in [7, 11) is 5.32. The van der Waals surface area contributed by atoms with Crippen LogP contribution in [0.3, 0.4) is 0 Å². The average molecular weight is 1940 g/mol. The van der Waals surface area contributed by atoms with Crippen LogP contribution in [0.5, 0.6) is 11.5 Å². The number of Topliss-reactive ketones (excluding diaryl/α,β-unsaturated/α-hetero) is 1. The molecule has 4 N–H and O–H groups in total. The number of amidine groups is 1. The van der Waals surface area contributed by atoms with Gasteiger partial charge in [0.15, 0.2) is 22.4 Å². The number of carbonyl (C=O) groups is 1. The molecular formula is C94H97Cl8N9O3S8. The second-order valence-electron chi connectivity index (χ2n) is 27.6. The van der Waals surface area contributed by atoms with Crippen LogP contribution >= 0.6 is 186 Å². The number of nitrogens with zero attached hydrogens (tertiary/aromatic N) is 5. The second-order valence-corrected chi connectivity index (χ2v) is 40.0. The standard InChI is InChI=1S/C15H16N2OS.C14H11NS.C13H19NS.C11H13Cl2NS.C11H13NO2S.2C10H7Cl2NS.C10H11Cl2NS/c1-16-15(17-2)19-10-14(18)13-8-7-11-5-3-4-6-12(11)9-13;1-10-15-14(9-16-10)13-7-6-11-4-2-3-5-12(11)8-13;1-10(14)15-9-11-5-7-12(8-6-11)13(2,3)4;1-3-11(14-2)15-7-8-4-5-9(12)6-10(8)13;1-7(15-8(2)12)9-3-4-10-11(5-9)14-6-13-10;1-6-13-10(5-14-6)8-3-2-7(11)4-9(8)12;1-6-13-10(5-14-6)7-2-3-8(11)9(12)4-7;1-2-10(13)14-6-7-3-4-8(11)5-9(7)12/h3-9H,10H2,1-2H3,(H,16,17);2-9H,1H3;5-8,14H,9H2,1-4H3;4-6H,3,7H2,1-2H3;3-5,7,12H,6H2,1-2H3;2*2-5H,1H3;3-5,13H,2,6H2,1H3. The van der Waals surface area contributed by atoms with Crippen molar-refractivity contribution in [3.8, 4) is 45.3 Å². The minimum atomic E-state index is 0.118. The quantitative estimate of drug-likeness (QED) is 0.0409. The number of aromatic nitrogens is 3. The van der Waals surface area contributed by atoms with E-state index in [2.05, 4.69) is 137 Å². The molecule has 0 bridgehead atoms. The van der Waals surface area contributed by atoms with E-state index in [9.17, 15) is 4.79 Å². The number of nitrogens with one attached hydrogen (secondary N) is 4. The van der Waals surface area contributed by atoms with Crippen molar-refractivity contribution in [2.45, 2.75) is 117 Å². The van der Waals surface area contributed by atoms with Gasteiger partial charge in [0.05, 0.1) is 73.1 Å². The van der Waals surface area contributed by atoms with Crippen LogP contribution in [0, 0.1) is 37.0 Å². The maximum Gasteiger partial charge on any atom is 0.231 e. The molecule has 14 rings (SSSR count). The van der Waals surface area contributed by atoms with E-state index >= 15 is 0 Å². The number of carbonyl (C=O) groups excluding carboxylic acids is 1. The van der Waals surface area contributed by atoms with Gasteiger partial charge in [-0.05, 0) is 188 Å². The zero-order valence-corrected chi connectivity index (χ0v) is 82.6. The number of benzene rings is 10. The van der Waals surface area contributed by atoms with Crippen molar-refractivity contribution < 1.29 is 14.3 Å². The van der Waals surface area contributed by atoms with Crippen molar-refractivity contribution in [1.82, 2.24) is 20.3 Å². The highest BCUT2D eigenvalue weighted by atomic mass is 35.5. The van der Waals surface area contributed by atoms with E-state index in [0.717, 1.165) is 133 Å². The molecule has 10 aromatic carbocycles. The fourth-order valence-electron chi connectivity index (χ4n) is 10.8. The number of thiazole rings is 3. The molecule has 4 heterocycles. The smallest absolute Gasteiger partial charge is 0.231 e. The summed E-state index contributed by atoms with van der Waals surface area (Å²) in [5, 5.41) is 48.6. The number of aryl methyl sites for hydroxylation is 3. The minimum absolute atomic E-state index is 0.118. The Hall–Kier alpha value is -6.90. The lowest BCUT2D eigenvalue weighted by Crippen LogP contribution is -2.16. The van der Waals surface area contributed by atoms with Crippen LogP contribution in [0.1, 0.15) is 127 Å². The van der Waals surface area contributed by atoms with Gasteiger partial charge in [-0.15, -0.1) is 81.1 Å². The maximum atomic E-state index is 12.1. The highest BCUT2D eigenvalue weighted by molar-refractivity contribution is 8.14. The van der Waals surface area contributed by atoms with E-state index in [4.69, 9.17) is 119 Å². The molecule has 1 aliphatic heterocycles. The van der Waals surface area contributed by atoms with Gasteiger partial charge < -0.3 is 14.8 Å². The summed E-state index contributed by atoms with van der Waals surface area (Å²) in [6.07, 6.45) is 1.74. The van der Waals surface area contributed by atoms with Gasteiger partial charge in [0.2, 0.25) is 6.79 Å². The van der Waals surface area contributed by atoms with E-state index in [-0.39, 0.29) is 16.4 Å². The molecule has 1 aliphatic rings. The third kappa shape index (κ3) is 35.1. The molecule has 0 saturated heterocycles. The van der Waals surface area contributed by atoms with Crippen molar-refractivity contribution in [1.29, 1.82) is 16.2 Å². The largest absolute Gasteiger partial charge is 0.454 e. The SMILES string of the molecule is CC(=N)SC(C)c1ccc2c(c1)OCO2.CC(=N)SCc1ccc(C(C)(C)C)cc1.CCC(=N)SCc1ccc(Cl)cc1Cl.CCC(=NC)SCc1ccc(Cl)cc1Cl.CN=C(NC)SCC(=O)c1ccc2ccccc2c1.Cc1nc(-c2ccc(Cl)c(Cl)c2)cs1.Cc1nc(-c2ccc(Cl)cc2Cl)cs1.Cc1nc(-c2ccc3ccccc3c2)cs1. The summed E-state index contributed by atoms with van der Waals surface area (Å²) < 4.78 is 10.6. The van der Waals surface area contributed by atoms with Crippen molar-refractivity contribution in [2.24, 2.45) is 9.98 Å². The number of ketones is 1. The zero-order valence-electron chi connectivity index (χ0n) is 70.1. The Kier molecular flexibility index (Phi) is 44.3. The van der Waals surface area contributed by atoms with Crippen molar-refractivity contribution in [3.05, 3.63) is 305 Å². The molecule has 0 fully saturated rings. The molecule has 122 heavy (non-hydrogen) atoms. The monoisotopic (exact) mass is 1940 g/mol. The molecule has 0 saturated carbocycles. The van der Waals surface area contributed by atoms with Gasteiger partial charge in [0.1, 0.15) is 0 Å². The number of hydrogen-bond donors (Lipinski definition) is 4. The average Bonchev–Trinajstić information content (AvgIpc) is 1.39. The summed E-state index contributed by atoms with van der Waals surface area (Å²) in [5.41, 5.74) is 13.0. The van der Waals surface area contributed by atoms with Crippen LogP contribution in [0.15, 0.2) is 226 Å². The Morgan fingerprint density at radius 3 is 1.52 bits per heavy atom. The third-order valence-corrected chi connectivity index (χ3v) is 27.4. The van der Waals surface area contributed by atoms with Gasteiger partial charge >= 0.3 is 0 Å². The molecule has 0 amide bonds. The normalized spacial score (nSPS) is 11.5. The van der Waals surface area contributed by atoms with Crippen LogP contribution in [-0.4, -0.2) is 79.8 Å². The van der Waals surface area contributed by atoms with Crippen LogP contribution in [0.4, 0.5) is 0 Å². The van der Waals surface area contributed by atoms with Crippen molar-refractivity contribution in [2.75, 3.05) is 33.7 Å². The van der Waals surface area contributed by atoms with Gasteiger partial charge in [-0.25, -0.2) is 15.0 Å². The van der Waals surface area contributed by atoms with Gasteiger partial charge in [-0.2, -0.15) is 0 Å². The molecule has 1 unspecified atom stereocenters. The van der Waals surface area contributed by atoms with E-state index in [1.54, 1.807) is 103 Å². The molecule has 28 heteroatoms. The second kappa shape index (κ2) is 52.9. The first kappa shape index (κ1) is 102. The Labute approximate surface area is 791 Å². The lowest BCUT2D eigenvalue weighted by atomic mass is 9.87. The first-order valence-electron chi connectivity index (χ1n) is 38.3. The van der Waals surface area contributed by atoms with Gasteiger partial charge in [0.25, 0.3) is 0 Å². The number of aliphatic imine (C=N–C) groups is 2. The van der Waals surface area contributed by atoms with Gasteiger partial charge in [-0.1, -0.05) is 261 Å². The lowest BCUT2D eigenvalue weighted by molar-refractivity contribution is 0.102. The number of thioether (sulfide) groups is 5. The molecule has 640 valence electrons. The van der Waals surface area contributed by atoms with E-state index < -0.39 is 0 Å². The van der Waals surface area contributed by atoms with Crippen LogP contribution in [0.2, 0.25) is 40.2 Å². The number of hydrogen-bond acceptors (Lipinski definition) is 19. The zero-order chi connectivity index (χ0) is 89.0. The maximum absolute atomic E-state index is 12.1.